The number of carbonyl (C=O) groups is 2. The van der Waals surface area contributed by atoms with Crippen LogP contribution >= 0.6 is 15.9 Å². The summed E-state index contributed by atoms with van der Waals surface area (Å²) in [5, 5.41) is 2.93. The molecular formula is C30H36BrN3O4S. The first-order valence-corrected chi connectivity index (χ1v) is 14.9. The lowest BCUT2D eigenvalue weighted by molar-refractivity contribution is -0.140. The molecule has 1 N–H and O–H groups in total. The smallest absolute Gasteiger partial charge is 0.264 e. The minimum atomic E-state index is -4.09. The number of carbonyl (C=O) groups excluding carboxylic acids is 2. The SMILES string of the molecule is Cc1ccc(N(CC(=O)N(Cc2cccc(Br)c2)[C@H](C)C(=O)NC(C)(C)C)S(=O)(=O)c2ccc(C)cc2)cc1. The number of sulfonamides is 1. The Balaban J connectivity index is 2.03. The van der Waals surface area contributed by atoms with Gasteiger partial charge in [-0.15, -0.1) is 0 Å². The molecule has 0 saturated carbocycles. The molecule has 0 aliphatic heterocycles. The topological polar surface area (TPSA) is 86.8 Å². The minimum Gasteiger partial charge on any atom is -0.350 e. The van der Waals surface area contributed by atoms with Crippen molar-refractivity contribution in [1.29, 1.82) is 0 Å². The van der Waals surface area contributed by atoms with Crippen molar-refractivity contribution in [2.75, 3.05) is 10.8 Å². The molecule has 208 valence electrons. The molecule has 0 aliphatic rings. The molecule has 9 heteroatoms. The first-order chi connectivity index (χ1) is 18.2. The summed E-state index contributed by atoms with van der Waals surface area (Å²) in [4.78, 5) is 28.6. The van der Waals surface area contributed by atoms with Crippen molar-refractivity contribution in [2.45, 2.75) is 64.6 Å². The highest BCUT2D eigenvalue weighted by Gasteiger charge is 2.33. The first-order valence-electron chi connectivity index (χ1n) is 12.7. The van der Waals surface area contributed by atoms with E-state index in [0.717, 1.165) is 25.5 Å². The lowest BCUT2D eigenvalue weighted by Crippen LogP contribution is -2.54. The van der Waals surface area contributed by atoms with Crippen LogP contribution in [0.25, 0.3) is 0 Å². The van der Waals surface area contributed by atoms with E-state index in [-0.39, 0.29) is 17.3 Å². The van der Waals surface area contributed by atoms with Crippen LogP contribution in [0.1, 0.15) is 44.4 Å². The van der Waals surface area contributed by atoms with E-state index in [9.17, 15) is 18.0 Å². The number of halogens is 1. The summed E-state index contributed by atoms with van der Waals surface area (Å²) in [6.07, 6.45) is 0. The maximum atomic E-state index is 14.0. The van der Waals surface area contributed by atoms with Gasteiger partial charge in [-0.25, -0.2) is 8.42 Å². The van der Waals surface area contributed by atoms with Gasteiger partial charge in [0.25, 0.3) is 10.0 Å². The van der Waals surface area contributed by atoms with Gasteiger partial charge in [0.1, 0.15) is 12.6 Å². The highest BCUT2D eigenvalue weighted by atomic mass is 79.9. The lowest BCUT2D eigenvalue weighted by Gasteiger charge is -2.33. The van der Waals surface area contributed by atoms with Crippen LogP contribution in [0.4, 0.5) is 5.69 Å². The fourth-order valence-electron chi connectivity index (χ4n) is 3.97. The van der Waals surface area contributed by atoms with Crippen LogP contribution in [0, 0.1) is 13.8 Å². The standard InChI is InChI=1S/C30H36BrN3O4S/c1-21-10-14-26(15-11-21)34(39(37,38)27-16-12-22(2)13-17-27)20-28(35)33(19-24-8-7-9-25(31)18-24)23(3)29(36)32-30(4,5)6/h7-18,23H,19-20H2,1-6H3,(H,32,36)/t23-/m1/s1. The Morgan fingerprint density at radius 2 is 1.49 bits per heavy atom. The van der Waals surface area contributed by atoms with Gasteiger partial charge in [-0.3, -0.25) is 13.9 Å². The number of nitrogens with one attached hydrogen (secondary N) is 1. The van der Waals surface area contributed by atoms with E-state index >= 15 is 0 Å². The van der Waals surface area contributed by atoms with Gasteiger partial charge in [0.15, 0.2) is 0 Å². The van der Waals surface area contributed by atoms with Crippen molar-refractivity contribution in [2.24, 2.45) is 0 Å². The fourth-order valence-corrected chi connectivity index (χ4v) is 5.83. The van der Waals surface area contributed by atoms with Gasteiger partial charge in [-0.2, -0.15) is 0 Å². The Kier molecular flexibility index (Phi) is 9.61. The van der Waals surface area contributed by atoms with Crippen molar-refractivity contribution in [1.82, 2.24) is 10.2 Å². The summed E-state index contributed by atoms with van der Waals surface area (Å²) in [6, 6.07) is 20.1. The Bertz CT molecular complexity index is 1420. The van der Waals surface area contributed by atoms with E-state index < -0.39 is 34.1 Å². The van der Waals surface area contributed by atoms with E-state index in [1.807, 2.05) is 58.9 Å². The molecule has 2 amide bonds. The molecule has 0 aliphatic carbocycles. The zero-order valence-corrected chi connectivity index (χ0v) is 25.6. The predicted octanol–water partition coefficient (Wildman–Crippen LogP) is 5.59. The maximum Gasteiger partial charge on any atom is 0.264 e. The monoisotopic (exact) mass is 613 g/mol. The van der Waals surface area contributed by atoms with Crippen molar-refractivity contribution in [3.63, 3.8) is 0 Å². The molecule has 0 bridgehead atoms. The third kappa shape index (κ3) is 8.16. The van der Waals surface area contributed by atoms with Gasteiger partial charge in [0.2, 0.25) is 11.8 Å². The molecule has 3 aromatic rings. The van der Waals surface area contributed by atoms with Gasteiger partial charge in [-0.05, 0) is 83.5 Å². The Labute approximate surface area is 240 Å². The van der Waals surface area contributed by atoms with Gasteiger partial charge in [0.05, 0.1) is 10.6 Å². The zero-order chi connectivity index (χ0) is 29.0. The molecular weight excluding hydrogens is 578 g/mol. The molecule has 39 heavy (non-hydrogen) atoms. The van der Waals surface area contributed by atoms with E-state index in [4.69, 9.17) is 0 Å². The number of hydrogen-bond acceptors (Lipinski definition) is 4. The van der Waals surface area contributed by atoms with E-state index in [0.29, 0.717) is 5.69 Å². The van der Waals surface area contributed by atoms with Crippen LogP contribution in [0.5, 0.6) is 0 Å². The number of benzene rings is 3. The summed E-state index contributed by atoms with van der Waals surface area (Å²) in [5.41, 5.74) is 2.55. The van der Waals surface area contributed by atoms with Crippen LogP contribution in [-0.4, -0.2) is 43.3 Å². The third-order valence-electron chi connectivity index (χ3n) is 6.12. The van der Waals surface area contributed by atoms with E-state index in [2.05, 4.69) is 21.2 Å². The number of rotatable bonds is 9. The molecule has 0 spiro atoms. The molecule has 7 nitrogen and oxygen atoms in total. The molecule has 0 saturated heterocycles. The maximum absolute atomic E-state index is 14.0. The average Bonchev–Trinajstić information content (AvgIpc) is 2.85. The van der Waals surface area contributed by atoms with Gasteiger partial charge in [-0.1, -0.05) is 63.5 Å². The Morgan fingerprint density at radius 3 is 2.03 bits per heavy atom. The molecule has 0 heterocycles. The minimum absolute atomic E-state index is 0.0820. The normalized spacial score (nSPS) is 12.5. The van der Waals surface area contributed by atoms with Gasteiger partial charge >= 0.3 is 0 Å². The van der Waals surface area contributed by atoms with Crippen LogP contribution < -0.4 is 9.62 Å². The molecule has 0 unspecified atom stereocenters. The predicted molar refractivity (Wildman–Crippen MR) is 159 cm³/mol. The summed E-state index contributed by atoms with van der Waals surface area (Å²) in [7, 11) is -4.09. The summed E-state index contributed by atoms with van der Waals surface area (Å²) >= 11 is 3.46. The zero-order valence-electron chi connectivity index (χ0n) is 23.2. The largest absolute Gasteiger partial charge is 0.350 e. The number of amides is 2. The van der Waals surface area contributed by atoms with Crippen LogP contribution in [-0.2, 0) is 26.2 Å². The summed E-state index contributed by atoms with van der Waals surface area (Å²) < 4.78 is 29.7. The summed E-state index contributed by atoms with van der Waals surface area (Å²) in [5.74, 6) is -0.822. The first kappa shape index (κ1) is 30.4. The number of hydrogen-bond donors (Lipinski definition) is 1. The van der Waals surface area contributed by atoms with E-state index in [1.165, 1.54) is 17.0 Å². The lowest BCUT2D eigenvalue weighted by atomic mass is 10.1. The Hall–Kier alpha value is -3.17. The second kappa shape index (κ2) is 12.3. The number of anilines is 1. The van der Waals surface area contributed by atoms with Crippen LogP contribution in [0.3, 0.4) is 0 Å². The van der Waals surface area contributed by atoms with Crippen molar-refractivity contribution >= 4 is 43.5 Å². The summed E-state index contributed by atoms with van der Waals surface area (Å²) in [6.45, 7) is 10.7. The second-order valence-corrected chi connectivity index (χ2v) is 13.5. The highest BCUT2D eigenvalue weighted by Crippen LogP contribution is 2.25. The van der Waals surface area contributed by atoms with Crippen molar-refractivity contribution < 1.29 is 18.0 Å². The number of nitrogens with zero attached hydrogens (tertiary/aromatic N) is 2. The van der Waals surface area contributed by atoms with Crippen molar-refractivity contribution in [3.05, 3.63) is 94.0 Å². The van der Waals surface area contributed by atoms with E-state index in [1.54, 1.807) is 43.3 Å². The van der Waals surface area contributed by atoms with Gasteiger partial charge < -0.3 is 10.2 Å². The molecule has 0 aromatic heterocycles. The van der Waals surface area contributed by atoms with Crippen LogP contribution in [0.2, 0.25) is 0 Å². The molecule has 0 fully saturated rings. The fraction of sp³-hybridized carbons (Fsp3) is 0.333. The Morgan fingerprint density at radius 1 is 0.923 bits per heavy atom. The molecule has 0 radical (unpaired) electrons. The quantitative estimate of drug-likeness (QED) is 0.341. The molecule has 1 atom stereocenters. The van der Waals surface area contributed by atoms with Crippen molar-refractivity contribution in [3.8, 4) is 0 Å². The average molecular weight is 615 g/mol. The molecule has 3 rings (SSSR count). The molecule has 3 aromatic carbocycles. The second-order valence-electron chi connectivity index (χ2n) is 10.7. The third-order valence-corrected chi connectivity index (χ3v) is 8.40. The number of aryl methyl sites for hydroxylation is 2. The van der Waals surface area contributed by atoms with Crippen LogP contribution in [0.15, 0.2) is 82.2 Å². The highest BCUT2D eigenvalue weighted by molar-refractivity contribution is 9.10. The van der Waals surface area contributed by atoms with Gasteiger partial charge in [0, 0.05) is 16.6 Å².